The predicted molar refractivity (Wildman–Crippen MR) is 75.7 cm³/mol. The molecule has 0 saturated carbocycles. The normalized spacial score (nSPS) is 12.1. The maximum absolute atomic E-state index is 12.2. The second kappa shape index (κ2) is 5.63. The average Bonchev–Trinajstić information content (AvgIpc) is 2.42. The molecule has 2 rings (SSSR count). The number of anilines is 1. The van der Waals surface area contributed by atoms with E-state index in [1.807, 2.05) is 37.3 Å². The van der Waals surface area contributed by atoms with Gasteiger partial charge in [-0.2, -0.15) is 0 Å². The van der Waals surface area contributed by atoms with Crippen molar-refractivity contribution in [2.75, 3.05) is 5.73 Å². The van der Waals surface area contributed by atoms with Crippen LogP contribution in [0.4, 0.5) is 5.82 Å². The van der Waals surface area contributed by atoms with E-state index >= 15 is 0 Å². The van der Waals surface area contributed by atoms with Crippen LogP contribution in [0.2, 0.25) is 0 Å². The minimum Gasteiger partial charge on any atom is -0.383 e. The fourth-order valence-corrected chi connectivity index (χ4v) is 1.93. The number of nitrogen functional groups attached to an aromatic ring is 1. The zero-order valence-electron chi connectivity index (χ0n) is 10.8. The van der Waals surface area contributed by atoms with Gasteiger partial charge in [0.05, 0.1) is 5.56 Å². The van der Waals surface area contributed by atoms with E-state index in [0.29, 0.717) is 5.56 Å². The van der Waals surface area contributed by atoms with Gasteiger partial charge in [-0.1, -0.05) is 30.3 Å². The van der Waals surface area contributed by atoms with Gasteiger partial charge < -0.3 is 11.5 Å². The van der Waals surface area contributed by atoms with Crippen LogP contribution in [0, 0.1) is 6.92 Å². The topological polar surface area (TPSA) is 82.0 Å². The van der Waals surface area contributed by atoms with Crippen molar-refractivity contribution < 1.29 is 4.79 Å². The third kappa shape index (κ3) is 3.17. The third-order valence-corrected chi connectivity index (χ3v) is 2.99. The molecule has 4 heteroatoms. The van der Waals surface area contributed by atoms with E-state index in [1.54, 1.807) is 12.3 Å². The second-order valence-corrected chi connectivity index (χ2v) is 4.59. The quantitative estimate of drug-likeness (QED) is 0.821. The largest absolute Gasteiger partial charge is 0.383 e. The van der Waals surface area contributed by atoms with Crippen LogP contribution in [0.25, 0.3) is 0 Å². The minimum absolute atomic E-state index is 0.0787. The Hall–Kier alpha value is -2.20. The Morgan fingerprint density at radius 2 is 2.00 bits per heavy atom. The van der Waals surface area contributed by atoms with Crippen LogP contribution in [0.5, 0.6) is 0 Å². The summed E-state index contributed by atoms with van der Waals surface area (Å²) >= 11 is 0. The zero-order chi connectivity index (χ0) is 13.8. The lowest BCUT2D eigenvalue weighted by Crippen LogP contribution is -2.16. The number of Topliss-reactive ketones (excluding diaryl/α,β-unsaturated/α-hetero) is 1. The molecule has 1 aromatic heterocycles. The molecular formula is C15H17N3O. The number of rotatable bonds is 4. The maximum atomic E-state index is 12.2. The van der Waals surface area contributed by atoms with Crippen LogP contribution in [0.1, 0.15) is 33.9 Å². The molecule has 1 atom stereocenters. The first-order chi connectivity index (χ1) is 9.08. The lowest BCUT2D eigenvalue weighted by molar-refractivity contribution is 0.0975. The number of nitrogens with zero attached hydrogens (tertiary/aromatic N) is 1. The molecule has 2 aromatic rings. The van der Waals surface area contributed by atoms with E-state index in [9.17, 15) is 4.79 Å². The van der Waals surface area contributed by atoms with Gasteiger partial charge in [-0.05, 0) is 24.1 Å². The number of benzene rings is 1. The van der Waals surface area contributed by atoms with Gasteiger partial charge in [0.1, 0.15) is 5.82 Å². The smallest absolute Gasteiger partial charge is 0.168 e. The van der Waals surface area contributed by atoms with Crippen molar-refractivity contribution in [3.63, 3.8) is 0 Å². The fourth-order valence-electron chi connectivity index (χ4n) is 1.93. The molecule has 0 fully saturated rings. The van der Waals surface area contributed by atoms with Crippen molar-refractivity contribution in [1.29, 1.82) is 0 Å². The number of nitrogens with two attached hydrogens (primary N) is 2. The number of hydrogen-bond donors (Lipinski definition) is 2. The molecule has 1 aromatic carbocycles. The Kier molecular flexibility index (Phi) is 3.92. The van der Waals surface area contributed by atoms with Crippen molar-refractivity contribution in [2.24, 2.45) is 5.73 Å². The van der Waals surface area contributed by atoms with E-state index in [1.165, 1.54) is 0 Å². The second-order valence-electron chi connectivity index (χ2n) is 4.59. The van der Waals surface area contributed by atoms with Crippen LogP contribution in [-0.4, -0.2) is 10.8 Å². The zero-order valence-corrected chi connectivity index (χ0v) is 10.8. The standard InChI is InChI=1S/C15H17N3O/c1-10-7-12(15(17)18-9-10)14(19)8-13(16)11-5-3-2-4-6-11/h2-7,9,13H,8,16H2,1H3,(H2,17,18). The number of ketones is 1. The van der Waals surface area contributed by atoms with Gasteiger partial charge in [0, 0.05) is 18.7 Å². The van der Waals surface area contributed by atoms with Crippen molar-refractivity contribution in [2.45, 2.75) is 19.4 Å². The van der Waals surface area contributed by atoms with E-state index < -0.39 is 0 Å². The summed E-state index contributed by atoms with van der Waals surface area (Å²) < 4.78 is 0. The molecule has 4 N–H and O–H groups in total. The molecule has 0 aliphatic carbocycles. The summed E-state index contributed by atoms with van der Waals surface area (Å²) in [5, 5.41) is 0. The first kappa shape index (κ1) is 13.2. The predicted octanol–water partition coefficient (Wildman–Crippen LogP) is 2.25. The van der Waals surface area contributed by atoms with Crippen molar-refractivity contribution >= 4 is 11.6 Å². The van der Waals surface area contributed by atoms with E-state index in [-0.39, 0.29) is 24.1 Å². The summed E-state index contributed by atoms with van der Waals surface area (Å²) in [5.41, 5.74) is 14.1. The van der Waals surface area contributed by atoms with Gasteiger partial charge in [-0.3, -0.25) is 4.79 Å². The van der Waals surface area contributed by atoms with Gasteiger partial charge in [-0.15, -0.1) is 0 Å². The van der Waals surface area contributed by atoms with Gasteiger partial charge in [0.15, 0.2) is 5.78 Å². The summed E-state index contributed by atoms with van der Waals surface area (Å²) in [6.45, 7) is 1.88. The molecular weight excluding hydrogens is 238 g/mol. The monoisotopic (exact) mass is 255 g/mol. The van der Waals surface area contributed by atoms with Crippen molar-refractivity contribution in [3.8, 4) is 0 Å². The van der Waals surface area contributed by atoms with Crippen molar-refractivity contribution in [1.82, 2.24) is 4.98 Å². The molecule has 0 aliphatic heterocycles. The number of pyridine rings is 1. The first-order valence-electron chi connectivity index (χ1n) is 6.14. The molecule has 0 spiro atoms. The van der Waals surface area contributed by atoms with Crippen LogP contribution in [0.3, 0.4) is 0 Å². The number of hydrogen-bond acceptors (Lipinski definition) is 4. The molecule has 4 nitrogen and oxygen atoms in total. The molecule has 0 bridgehead atoms. The number of carbonyl (C=O) groups excluding carboxylic acids is 1. The molecule has 0 amide bonds. The Morgan fingerprint density at radius 3 is 2.68 bits per heavy atom. The lowest BCUT2D eigenvalue weighted by atomic mass is 9.98. The van der Waals surface area contributed by atoms with Crippen LogP contribution in [-0.2, 0) is 0 Å². The third-order valence-electron chi connectivity index (χ3n) is 2.99. The van der Waals surface area contributed by atoms with Gasteiger partial charge in [0.2, 0.25) is 0 Å². The SMILES string of the molecule is Cc1cnc(N)c(C(=O)CC(N)c2ccccc2)c1. The molecule has 0 aliphatic rings. The van der Waals surface area contributed by atoms with Crippen LogP contribution in [0.15, 0.2) is 42.6 Å². The van der Waals surface area contributed by atoms with E-state index in [0.717, 1.165) is 11.1 Å². The number of aryl methyl sites for hydroxylation is 1. The summed E-state index contributed by atoms with van der Waals surface area (Å²) in [6.07, 6.45) is 1.86. The Balaban J connectivity index is 2.15. The van der Waals surface area contributed by atoms with E-state index in [4.69, 9.17) is 11.5 Å². The average molecular weight is 255 g/mol. The highest BCUT2D eigenvalue weighted by molar-refractivity contribution is 6.00. The summed E-state index contributed by atoms with van der Waals surface area (Å²) in [7, 11) is 0. The van der Waals surface area contributed by atoms with Gasteiger partial charge >= 0.3 is 0 Å². The Labute approximate surface area is 112 Å². The van der Waals surface area contributed by atoms with Crippen LogP contribution < -0.4 is 11.5 Å². The highest BCUT2D eigenvalue weighted by atomic mass is 16.1. The van der Waals surface area contributed by atoms with Gasteiger partial charge in [-0.25, -0.2) is 4.98 Å². The van der Waals surface area contributed by atoms with E-state index in [2.05, 4.69) is 4.98 Å². The van der Waals surface area contributed by atoms with Crippen molar-refractivity contribution in [3.05, 3.63) is 59.3 Å². The number of carbonyl (C=O) groups is 1. The molecule has 0 saturated heterocycles. The highest BCUT2D eigenvalue weighted by Crippen LogP contribution is 2.19. The molecule has 98 valence electrons. The summed E-state index contributed by atoms with van der Waals surface area (Å²) in [6, 6.07) is 11.0. The first-order valence-corrected chi connectivity index (χ1v) is 6.14. The fraction of sp³-hybridized carbons (Fsp3) is 0.200. The summed E-state index contributed by atoms with van der Waals surface area (Å²) in [5.74, 6) is 0.181. The molecule has 0 radical (unpaired) electrons. The maximum Gasteiger partial charge on any atom is 0.168 e. The minimum atomic E-state index is -0.325. The highest BCUT2D eigenvalue weighted by Gasteiger charge is 2.16. The lowest BCUT2D eigenvalue weighted by Gasteiger charge is -2.12. The number of aromatic nitrogens is 1. The van der Waals surface area contributed by atoms with Crippen LogP contribution >= 0.6 is 0 Å². The molecule has 19 heavy (non-hydrogen) atoms. The molecule has 1 heterocycles. The molecule has 1 unspecified atom stereocenters. The summed E-state index contributed by atoms with van der Waals surface area (Å²) in [4.78, 5) is 16.2. The van der Waals surface area contributed by atoms with Gasteiger partial charge in [0.25, 0.3) is 0 Å². The Bertz CT molecular complexity index is 581. The Morgan fingerprint density at radius 1 is 1.32 bits per heavy atom.